The van der Waals surface area contributed by atoms with E-state index in [0.29, 0.717) is 18.4 Å². The molecule has 0 unspecified atom stereocenters. The molecule has 3 aromatic rings. The van der Waals surface area contributed by atoms with E-state index in [1.807, 2.05) is 79.7 Å². The molecular weight excluding hydrogens is 498 g/mol. The summed E-state index contributed by atoms with van der Waals surface area (Å²) in [5.41, 5.74) is 2.99. The minimum Gasteiger partial charge on any atom is -0.485 e. The van der Waals surface area contributed by atoms with Crippen molar-refractivity contribution < 1.29 is 17.9 Å². The van der Waals surface area contributed by atoms with Crippen molar-refractivity contribution >= 4 is 15.7 Å². The van der Waals surface area contributed by atoms with Crippen LogP contribution in [0.1, 0.15) is 30.5 Å². The lowest BCUT2D eigenvalue weighted by atomic mass is 10.1. The van der Waals surface area contributed by atoms with E-state index >= 15 is 0 Å². The highest BCUT2D eigenvalue weighted by molar-refractivity contribution is 7.89. The summed E-state index contributed by atoms with van der Waals surface area (Å²) in [6, 6.07) is 25.3. The number of nitrogens with zero attached hydrogens (tertiary/aromatic N) is 3. The molecule has 0 radical (unpaired) electrons. The van der Waals surface area contributed by atoms with Crippen LogP contribution in [0.5, 0.6) is 5.75 Å². The van der Waals surface area contributed by atoms with E-state index in [0.717, 1.165) is 36.3 Å². The Balaban J connectivity index is 1.44. The topological polar surface area (TPSA) is 62.3 Å². The van der Waals surface area contributed by atoms with Crippen molar-refractivity contribution in [2.75, 3.05) is 45.2 Å². The summed E-state index contributed by atoms with van der Waals surface area (Å²) in [5, 5.41) is 0. The summed E-state index contributed by atoms with van der Waals surface area (Å²) >= 11 is 0. The van der Waals surface area contributed by atoms with Crippen LogP contribution < -0.4 is 9.64 Å². The smallest absolute Gasteiger partial charge is 0.247 e. The Morgan fingerprint density at radius 1 is 1.00 bits per heavy atom. The van der Waals surface area contributed by atoms with Crippen LogP contribution in [0.15, 0.2) is 83.8 Å². The van der Waals surface area contributed by atoms with Crippen molar-refractivity contribution in [2.24, 2.45) is 0 Å². The first-order chi connectivity index (χ1) is 18.3. The maximum absolute atomic E-state index is 14.0. The molecule has 0 bridgehead atoms. The summed E-state index contributed by atoms with van der Waals surface area (Å²) < 4.78 is 42.1. The molecule has 2 heterocycles. The third kappa shape index (κ3) is 5.73. The highest BCUT2D eigenvalue weighted by Gasteiger charge is 2.38. The van der Waals surface area contributed by atoms with Gasteiger partial charge in [0.25, 0.3) is 0 Å². The second-order valence-corrected chi connectivity index (χ2v) is 12.2. The molecular formula is C30H37N3O4S. The van der Waals surface area contributed by atoms with Crippen molar-refractivity contribution in [3.8, 4) is 5.75 Å². The second-order valence-electron chi connectivity index (χ2n) is 10.4. The second kappa shape index (κ2) is 11.5. The quantitative estimate of drug-likeness (QED) is 0.422. The lowest BCUT2D eigenvalue weighted by molar-refractivity contribution is 0.0313. The first-order valence-corrected chi connectivity index (χ1v) is 14.7. The molecule has 5 rings (SSSR count). The molecule has 202 valence electrons. The Labute approximate surface area is 226 Å². The summed E-state index contributed by atoms with van der Waals surface area (Å²) in [5.74, 6) is 0.395. The largest absolute Gasteiger partial charge is 0.485 e. The predicted octanol–water partition coefficient (Wildman–Crippen LogP) is 4.56. The molecule has 0 N–H and O–H groups in total. The van der Waals surface area contributed by atoms with Gasteiger partial charge in [-0.25, -0.2) is 8.42 Å². The average Bonchev–Trinajstić information content (AvgIpc) is 3.39. The Kier molecular flexibility index (Phi) is 8.04. The predicted molar refractivity (Wildman–Crippen MR) is 150 cm³/mol. The molecule has 0 saturated carbocycles. The fourth-order valence-corrected chi connectivity index (χ4v) is 7.03. The molecule has 0 spiro atoms. The molecule has 1 fully saturated rings. The van der Waals surface area contributed by atoms with Crippen LogP contribution in [0.2, 0.25) is 0 Å². The fraction of sp³-hybridized carbons (Fsp3) is 0.400. The monoisotopic (exact) mass is 535 g/mol. The van der Waals surface area contributed by atoms with Crippen molar-refractivity contribution in [3.63, 3.8) is 0 Å². The zero-order valence-electron chi connectivity index (χ0n) is 22.4. The Morgan fingerprint density at radius 2 is 1.71 bits per heavy atom. The summed E-state index contributed by atoms with van der Waals surface area (Å²) in [7, 11) is 0.386. The molecule has 38 heavy (non-hydrogen) atoms. The number of rotatable bonds is 8. The van der Waals surface area contributed by atoms with Crippen LogP contribution in [-0.4, -0.2) is 70.1 Å². The Hall–Kier alpha value is -2.91. The number of likely N-dealkylation sites (N-methyl/N-ethyl adjacent to an activating group) is 1. The van der Waals surface area contributed by atoms with E-state index in [1.165, 1.54) is 0 Å². The number of ether oxygens (including phenoxy) is 2. The van der Waals surface area contributed by atoms with Gasteiger partial charge in [0.2, 0.25) is 10.0 Å². The van der Waals surface area contributed by atoms with Gasteiger partial charge in [-0.2, -0.15) is 4.31 Å². The first kappa shape index (κ1) is 26.7. The third-order valence-electron chi connectivity index (χ3n) is 7.58. The van der Waals surface area contributed by atoms with Gasteiger partial charge in [0.15, 0.2) is 0 Å². The molecule has 3 aromatic carbocycles. The van der Waals surface area contributed by atoms with E-state index in [9.17, 15) is 8.42 Å². The molecule has 0 amide bonds. The molecule has 0 aliphatic carbocycles. The number of sulfonamides is 1. The zero-order chi connectivity index (χ0) is 26.7. The highest BCUT2D eigenvalue weighted by Crippen LogP contribution is 2.38. The van der Waals surface area contributed by atoms with Gasteiger partial charge in [0.1, 0.15) is 16.7 Å². The Bertz CT molecular complexity index is 1320. The van der Waals surface area contributed by atoms with Gasteiger partial charge in [-0.05, 0) is 50.7 Å². The van der Waals surface area contributed by atoms with Gasteiger partial charge >= 0.3 is 0 Å². The number of anilines is 1. The molecule has 2 aliphatic rings. The fourth-order valence-electron chi connectivity index (χ4n) is 5.27. The number of fused-ring (bicyclic) bond motifs is 1. The van der Waals surface area contributed by atoms with Crippen LogP contribution in [0, 0.1) is 0 Å². The van der Waals surface area contributed by atoms with E-state index in [2.05, 4.69) is 23.9 Å². The van der Waals surface area contributed by atoms with Gasteiger partial charge in [-0.15, -0.1) is 0 Å². The van der Waals surface area contributed by atoms with Crippen molar-refractivity contribution in [3.05, 3.63) is 90.0 Å². The molecule has 7 nitrogen and oxygen atoms in total. The van der Waals surface area contributed by atoms with Gasteiger partial charge in [0, 0.05) is 36.9 Å². The van der Waals surface area contributed by atoms with Crippen LogP contribution in [0.4, 0.5) is 5.69 Å². The first-order valence-electron chi connectivity index (χ1n) is 13.2. The average molecular weight is 536 g/mol. The van der Waals surface area contributed by atoms with Crippen LogP contribution in [-0.2, 0) is 21.4 Å². The van der Waals surface area contributed by atoms with E-state index < -0.39 is 16.1 Å². The Morgan fingerprint density at radius 3 is 2.39 bits per heavy atom. The summed E-state index contributed by atoms with van der Waals surface area (Å²) in [4.78, 5) is 4.75. The molecule has 1 saturated heterocycles. The molecule has 2 aliphatic heterocycles. The minimum absolute atomic E-state index is 0.198. The normalized spacial score (nSPS) is 22.1. The van der Waals surface area contributed by atoms with Crippen molar-refractivity contribution in [1.82, 2.24) is 9.21 Å². The zero-order valence-corrected chi connectivity index (χ0v) is 23.2. The van der Waals surface area contributed by atoms with E-state index in [-0.39, 0.29) is 24.1 Å². The lowest BCUT2D eigenvalue weighted by Crippen LogP contribution is -2.40. The maximum Gasteiger partial charge on any atom is 0.247 e. The standard InChI is InChI=1S/C30H37N3O4S/c1-23(25-12-8-5-9-13-25)33-20-28(22-36-21-24-10-6-4-7-11-24)37-29-18-26(14-15-30(29)38(33,34)35)32-17-16-27(19-32)31(2)3/h4-15,18,23,27-28H,16-17,19-22H2,1-3H3/t23-,27-,28+/m0/s1. The van der Waals surface area contributed by atoms with Crippen LogP contribution in [0.25, 0.3) is 0 Å². The SMILES string of the molecule is C[C@@H](c1ccccc1)N1C[C@H](COCc2ccccc2)Oc2cc(N3CC[C@H](N(C)C)C3)ccc2S1(=O)=O. The van der Waals surface area contributed by atoms with Gasteiger partial charge in [0.05, 0.1) is 19.8 Å². The van der Waals surface area contributed by atoms with Crippen molar-refractivity contribution in [2.45, 2.75) is 43.0 Å². The number of hydrogen-bond acceptors (Lipinski definition) is 6. The molecule has 0 aromatic heterocycles. The summed E-state index contributed by atoms with van der Waals surface area (Å²) in [6.07, 6.45) is 0.617. The number of benzene rings is 3. The third-order valence-corrected chi connectivity index (χ3v) is 9.56. The van der Waals surface area contributed by atoms with Crippen molar-refractivity contribution in [1.29, 1.82) is 0 Å². The van der Waals surface area contributed by atoms with Crippen LogP contribution >= 0.6 is 0 Å². The lowest BCUT2D eigenvalue weighted by Gasteiger charge is -2.29. The maximum atomic E-state index is 14.0. The van der Waals surface area contributed by atoms with Gasteiger partial charge in [-0.3, -0.25) is 0 Å². The number of hydrogen-bond donors (Lipinski definition) is 0. The molecule has 3 atom stereocenters. The van der Waals surface area contributed by atoms with Crippen LogP contribution in [0.3, 0.4) is 0 Å². The molecule has 8 heteroatoms. The van der Waals surface area contributed by atoms with E-state index in [4.69, 9.17) is 9.47 Å². The van der Waals surface area contributed by atoms with Gasteiger partial charge in [-0.1, -0.05) is 60.7 Å². The highest BCUT2D eigenvalue weighted by atomic mass is 32.2. The van der Waals surface area contributed by atoms with Gasteiger partial charge < -0.3 is 19.3 Å². The summed E-state index contributed by atoms with van der Waals surface area (Å²) in [6.45, 7) is 4.67. The van der Waals surface area contributed by atoms with E-state index in [1.54, 1.807) is 10.4 Å². The minimum atomic E-state index is -3.82.